The number of hydrogen-bond acceptors (Lipinski definition) is 3. The predicted molar refractivity (Wildman–Crippen MR) is 85.0 cm³/mol. The van der Waals surface area contributed by atoms with Gasteiger partial charge in [-0.2, -0.15) is 0 Å². The summed E-state index contributed by atoms with van der Waals surface area (Å²) < 4.78 is 28.6. The van der Waals surface area contributed by atoms with Gasteiger partial charge in [-0.15, -0.1) is 0 Å². The molecule has 21 heavy (non-hydrogen) atoms. The number of nitrogens with one attached hydrogen (secondary N) is 1. The Morgan fingerprint density at radius 3 is 2.67 bits per heavy atom. The number of hydrogen-bond donors (Lipinski definition) is 1. The third-order valence-corrected chi connectivity index (χ3v) is 4.36. The number of nitrogens with zero attached hydrogens (tertiary/aromatic N) is 1. The minimum atomic E-state index is -1.46. The smallest absolute Gasteiger partial charge is 0.257 e. The Labute approximate surface area is 129 Å². The standard InChI is InChI=1S/C14H14ClFN2O2S/c1-14(2,3)21(20)17-7-9-4-8-5-10(15)11(16)6-12(8)18-13(9)19/h4-7H,1-3H3,(H,18,19)/t21-/m1/s1. The van der Waals surface area contributed by atoms with E-state index in [2.05, 4.69) is 9.38 Å². The molecule has 1 aromatic carbocycles. The van der Waals surface area contributed by atoms with E-state index in [-0.39, 0.29) is 10.6 Å². The van der Waals surface area contributed by atoms with Crippen LogP contribution in [-0.2, 0) is 11.4 Å². The van der Waals surface area contributed by atoms with E-state index in [1.54, 1.807) is 20.8 Å². The molecular formula is C14H14ClFN2O2S. The average Bonchev–Trinajstić information content (AvgIpc) is 2.37. The molecule has 0 radical (unpaired) electrons. The van der Waals surface area contributed by atoms with E-state index in [0.717, 1.165) is 6.07 Å². The molecule has 1 N–H and O–H groups in total. The largest absolute Gasteiger partial charge is 0.591 e. The van der Waals surface area contributed by atoms with Crippen molar-refractivity contribution in [2.24, 2.45) is 4.40 Å². The molecule has 0 fully saturated rings. The maximum absolute atomic E-state index is 13.3. The number of aromatic amines is 1. The highest BCUT2D eigenvalue weighted by Gasteiger charge is 2.25. The van der Waals surface area contributed by atoms with Crippen molar-refractivity contribution in [3.05, 3.63) is 45.0 Å². The van der Waals surface area contributed by atoms with Crippen LogP contribution < -0.4 is 5.56 Å². The number of H-pyrrole nitrogens is 1. The molecule has 0 aliphatic carbocycles. The van der Waals surface area contributed by atoms with Gasteiger partial charge in [-0.3, -0.25) is 4.79 Å². The monoisotopic (exact) mass is 328 g/mol. The molecule has 2 rings (SSSR count). The van der Waals surface area contributed by atoms with E-state index < -0.39 is 27.5 Å². The zero-order valence-corrected chi connectivity index (χ0v) is 13.3. The SMILES string of the molecule is CC(C)(C)[S@@+]([O-])N=Cc1cc2cc(Cl)c(F)cc2[nH]c1=O. The van der Waals surface area contributed by atoms with Gasteiger partial charge in [0.2, 0.25) is 0 Å². The molecule has 0 saturated heterocycles. The van der Waals surface area contributed by atoms with Crippen molar-refractivity contribution < 1.29 is 8.94 Å². The lowest BCUT2D eigenvalue weighted by atomic mass is 10.1. The molecule has 112 valence electrons. The van der Waals surface area contributed by atoms with Crippen molar-refractivity contribution in [1.29, 1.82) is 0 Å². The second-order valence-corrected chi connectivity index (χ2v) is 7.84. The molecule has 0 amide bonds. The summed E-state index contributed by atoms with van der Waals surface area (Å²) >= 11 is 4.26. The topological polar surface area (TPSA) is 68.3 Å². The lowest BCUT2D eigenvalue weighted by Gasteiger charge is -2.17. The highest BCUT2D eigenvalue weighted by molar-refractivity contribution is 7.91. The first-order chi connectivity index (χ1) is 9.68. The fraction of sp³-hybridized carbons (Fsp3) is 0.286. The Hall–Kier alpha value is -1.37. The zero-order chi connectivity index (χ0) is 15.8. The van der Waals surface area contributed by atoms with E-state index in [4.69, 9.17) is 11.6 Å². The van der Waals surface area contributed by atoms with Gasteiger partial charge in [-0.1, -0.05) is 16.0 Å². The maximum Gasteiger partial charge on any atom is 0.257 e. The third-order valence-electron chi connectivity index (χ3n) is 2.73. The lowest BCUT2D eigenvalue weighted by molar-refractivity contribution is 0.562. The summed E-state index contributed by atoms with van der Waals surface area (Å²) in [6.07, 6.45) is 1.26. The highest BCUT2D eigenvalue weighted by Crippen LogP contribution is 2.21. The highest BCUT2D eigenvalue weighted by atomic mass is 35.5. The van der Waals surface area contributed by atoms with Crippen LogP contribution in [0.15, 0.2) is 27.4 Å². The Kier molecular flexibility index (Phi) is 4.41. The lowest BCUT2D eigenvalue weighted by Crippen LogP contribution is -2.26. The van der Waals surface area contributed by atoms with Gasteiger partial charge in [-0.05, 0) is 39.0 Å². The number of aromatic nitrogens is 1. The first kappa shape index (κ1) is 16.0. The van der Waals surface area contributed by atoms with Gasteiger partial charge >= 0.3 is 0 Å². The molecule has 7 heteroatoms. The minimum Gasteiger partial charge on any atom is -0.591 e. The summed E-state index contributed by atoms with van der Waals surface area (Å²) in [4.78, 5) is 14.4. The summed E-state index contributed by atoms with van der Waals surface area (Å²) in [7, 11) is 0. The molecule has 0 aliphatic heterocycles. The van der Waals surface area contributed by atoms with Crippen molar-refractivity contribution >= 4 is 40.1 Å². The van der Waals surface area contributed by atoms with Crippen LogP contribution in [0.2, 0.25) is 5.02 Å². The van der Waals surface area contributed by atoms with Crippen molar-refractivity contribution in [3.63, 3.8) is 0 Å². The quantitative estimate of drug-likeness (QED) is 0.679. The second kappa shape index (κ2) is 5.79. The fourth-order valence-corrected chi connectivity index (χ4v) is 2.27. The van der Waals surface area contributed by atoms with Crippen LogP contribution in [-0.4, -0.2) is 20.5 Å². The molecule has 1 atom stereocenters. The molecule has 4 nitrogen and oxygen atoms in total. The van der Waals surface area contributed by atoms with E-state index in [9.17, 15) is 13.7 Å². The minimum absolute atomic E-state index is 0.0318. The molecule has 1 heterocycles. The zero-order valence-electron chi connectivity index (χ0n) is 11.7. The number of benzene rings is 1. The summed E-state index contributed by atoms with van der Waals surface area (Å²) in [5.74, 6) is -0.602. The van der Waals surface area contributed by atoms with E-state index in [1.807, 2.05) is 0 Å². The van der Waals surface area contributed by atoms with Crippen LogP contribution >= 0.6 is 11.6 Å². The van der Waals surface area contributed by atoms with E-state index in [1.165, 1.54) is 18.3 Å². The predicted octanol–water partition coefficient (Wildman–Crippen LogP) is 3.20. The van der Waals surface area contributed by atoms with E-state index >= 15 is 0 Å². The van der Waals surface area contributed by atoms with E-state index in [0.29, 0.717) is 10.9 Å². The molecule has 0 bridgehead atoms. The second-order valence-electron chi connectivity index (χ2n) is 5.50. The summed E-state index contributed by atoms with van der Waals surface area (Å²) in [6.45, 7) is 5.36. The van der Waals surface area contributed by atoms with Crippen LogP contribution in [0, 0.1) is 5.82 Å². The summed E-state index contributed by atoms with van der Waals surface area (Å²) in [5.41, 5.74) is 0.151. The van der Waals surface area contributed by atoms with Crippen LogP contribution in [0.4, 0.5) is 4.39 Å². The van der Waals surface area contributed by atoms with Gasteiger partial charge in [-0.25, -0.2) is 4.39 Å². The Morgan fingerprint density at radius 1 is 1.38 bits per heavy atom. The third kappa shape index (κ3) is 3.64. The maximum atomic E-state index is 13.3. The van der Waals surface area contributed by atoms with Gasteiger partial charge < -0.3 is 9.54 Å². The Balaban J connectivity index is 2.46. The van der Waals surface area contributed by atoms with Gasteiger partial charge in [0.25, 0.3) is 5.56 Å². The van der Waals surface area contributed by atoms with Crippen LogP contribution in [0.3, 0.4) is 0 Å². The van der Waals surface area contributed by atoms with Crippen molar-refractivity contribution in [1.82, 2.24) is 4.98 Å². The van der Waals surface area contributed by atoms with Gasteiger partial charge in [0, 0.05) is 5.39 Å². The molecule has 0 aliphatic rings. The van der Waals surface area contributed by atoms with Crippen LogP contribution in [0.25, 0.3) is 10.9 Å². The number of fused-ring (bicyclic) bond motifs is 1. The molecular weight excluding hydrogens is 315 g/mol. The summed E-state index contributed by atoms with van der Waals surface area (Å²) in [5, 5.41) is 0.541. The fourth-order valence-electron chi connectivity index (χ4n) is 1.58. The average molecular weight is 329 g/mol. The van der Waals surface area contributed by atoms with Crippen molar-refractivity contribution in [2.45, 2.75) is 25.5 Å². The number of pyridine rings is 1. The first-order valence-corrected chi connectivity index (χ1v) is 7.65. The van der Waals surface area contributed by atoms with Crippen LogP contribution in [0.5, 0.6) is 0 Å². The molecule has 0 saturated carbocycles. The molecule has 0 unspecified atom stereocenters. The molecule has 0 spiro atoms. The van der Waals surface area contributed by atoms with Gasteiger partial charge in [0.05, 0.1) is 22.3 Å². The molecule has 1 aromatic heterocycles. The molecule has 2 aromatic rings. The van der Waals surface area contributed by atoms with Crippen molar-refractivity contribution in [2.75, 3.05) is 0 Å². The normalized spacial score (nSPS) is 14.0. The van der Waals surface area contributed by atoms with Gasteiger partial charge in [0.1, 0.15) is 21.9 Å². The van der Waals surface area contributed by atoms with Crippen molar-refractivity contribution in [3.8, 4) is 0 Å². The summed E-state index contributed by atoms with van der Waals surface area (Å²) in [6, 6.07) is 4.11. The Morgan fingerprint density at radius 2 is 2.05 bits per heavy atom. The van der Waals surface area contributed by atoms with Gasteiger partial charge in [0.15, 0.2) is 0 Å². The number of rotatable bonds is 2. The Bertz CT molecular complexity index is 768. The first-order valence-electron chi connectivity index (χ1n) is 6.16. The van der Waals surface area contributed by atoms with Crippen LogP contribution in [0.1, 0.15) is 26.3 Å². The number of halogens is 2.